The first-order chi connectivity index (χ1) is 8.64. The van der Waals surface area contributed by atoms with Crippen molar-refractivity contribution in [2.24, 2.45) is 0 Å². The molecule has 0 aromatic carbocycles. The molecule has 0 radical (unpaired) electrons. The molecule has 0 saturated carbocycles. The molecule has 0 unspecified atom stereocenters. The first-order valence-corrected chi connectivity index (χ1v) is 9.71. The van der Waals surface area contributed by atoms with Gasteiger partial charge in [0.25, 0.3) is 0 Å². The van der Waals surface area contributed by atoms with Crippen LogP contribution in [0.4, 0.5) is 0 Å². The third-order valence-electron chi connectivity index (χ3n) is 2.97. The van der Waals surface area contributed by atoms with Gasteiger partial charge in [0.1, 0.15) is 0 Å². The zero-order valence-corrected chi connectivity index (χ0v) is 13.7. The number of hydrogen-bond acceptors (Lipinski definition) is 4. The molecular weight excluding hydrogens is 262 g/mol. The van der Waals surface area contributed by atoms with Crippen LogP contribution in [-0.2, 0) is 13.6 Å². The summed E-state index contributed by atoms with van der Waals surface area (Å²) in [5.74, 6) is 0.110. The topological polar surface area (TPSA) is 59.0 Å². The Morgan fingerprint density at radius 3 is 2.58 bits per heavy atom. The highest BCUT2D eigenvalue weighted by molar-refractivity contribution is 6.64. The number of carbonyl (C=O) groups excluding carboxylic acids is 1. The van der Waals surface area contributed by atoms with Crippen molar-refractivity contribution < 1.29 is 18.8 Å². The van der Waals surface area contributed by atoms with Gasteiger partial charge in [-0.25, -0.2) is 0 Å². The van der Waals surface area contributed by atoms with E-state index in [4.69, 9.17) is 14.0 Å². The second-order valence-electron chi connectivity index (χ2n) is 6.43. The van der Waals surface area contributed by atoms with Gasteiger partial charge >= 0.3 is 8.56 Å². The Morgan fingerprint density at radius 2 is 2.05 bits per heavy atom. The molecule has 1 aliphatic rings. The van der Waals surface area contributed by atoms with Gasteiger partial charge in [0.15, 0.2) is 0 Å². The average Bonchev–Trinajstić information content (AvgIpc) is 2.55. The molecule has 0 spiro atoms. The molecule has 6 heteroatoms. The van der Waals surface area contributed by atoms with Crippen molar-refractivity contribution in [1.82, 2.24) is 4.90 Å². The molecule has 1 atom stereocenters. The van der Waals surface area contributed by atoms with Crippen molar-refractivity contribution in [3.05, 3.63) is 0 Å². The summed E-state index contributed by atoms with van der Waals surface area (Å²) in [7, 11) is -2.18. The van der Waals surface area contributed by atoms with Gasteiger partial charge in [0.05, 0.1) is 24.9 Å². The molecular formula is C13H27NO4Si. The van der Waals surface area contributed by atoms with Crippen LogP contribution < -0.4 is 0 Å². The van der Waals surface area contributed by atoms with Gasteiger partial charge in [-0.05, 0) is 40.3 Å². The van der Waals surface area contributed by atoms with Crippen LogP contribution in [0.1, 0.15) is 33.6 Å². The lowest BCUT2D eigenvalue weighted by Gasteiger charge is -2.33. The highest BCUT2D eigenvalue weighted by Crippen LogP contribution is 2.22. The van der Waals surface area contributed by atoms with Crippen LogP contribution in [0.15, 0.2) is 0 Å². The lowest BCUT2D eigenvalue weighted by Crippen LogP contribution is -2.46. The summed E-state index contributed by atoms with van der Waals surface area (Å²) in [4.78, 5) is 13.4. The third kappa shape index (κ3) is 5.60. The predicted octanol–water partition coefficient (Wildman–Crippen LogP) is 1.50. The summed E-state index contributed by atoms with van der Waals surface area (Å²) in [5, 5.41) is 8.99. The Balaban J connectivity index is 2.49. The number of likely N-dealkylation sites (tertiary alicyclic amines) is 1. The van der Waals surface area contributed by atoms with Crippen LogP contribution in [0.5, 0.6) is 0 Å². The second-order valence-corrected chi connectivity index (χ2v) is 9.72. The van der Waals surface area contributed by atoms with Crippen molar-refractivity contribution in [2.45, 2.75) is 58.3 Å². The molecule has 1 fully saturated rings. The number of β-amino-alcohol motifs (C(OH)–C–C–N with tert-alkyl or cyclic N) is 1. The van der Waals surface area contributed by atoms with Crippen molar-refractivity contribution in [2.75, 3.05) is 19.8 Å². The lowest BCUT2D eigenvalue weighted by atomic mass is 10.2. The Morgan fingerprint density at radius 1 is 1.42 bits per heavy atom. The quantitative estimate of drug-likeness (QED) is 0.753. The van der Waals surface area contributed by atoms with Crippen LogP contribution in [-0.4, -0.2) is 55.9 Å². The Hall–Kier alpha value is -0.433. The monoisotopic (exact) mass is 289 g/mol. The van der Waals surface area contributed by atoms with Gasteiger partial charge in [0.2, 0.25) is 5.91 Å². The second kappa shape index (κ2) is 6.34. The van der Waals surface area contributed by atoms with Crippen molar-refractivity contribution >= 4 is 14.5 Å². The van der Waals surface area contributed by atoms with E-state index in [1.807, 2.05) is 33.9 Å². The fraction of sp³-hybridized carbons (Fsp3) is 0.923. The van der Waals surface area contributed by atoms with Gasteiger partial charge in [0, 0.05) is 13.0 Å². The van der Waals surface area contributed by atoms with Gasteiger partial charge in [-0.2, -0.15) is 0 Å². The molecule has 112 valence electrons. The number of aliphatic hydroxyl groups excluding tert-OH is 1. The van der Waals surface area contributed by atoms with Crippen molar-refractivity contribution in [3.63, 3.8) is 0 Å². The first-order valence-electron chi connectivity index (χ1n) is 6.89. The highest BCUT2D eigenvalue weighted by Gasteiger charge is 2.35. The summed E-state index contributed by atoms with van der Waals surface area (Å²) in [5.41, 5.74) is -0.216. The molecule has 1 aliphatic heterocycles. The highest BCUT2D eigenvalue weighted by atomic mass is 28.4. The van der Waals surface area contributed by atoms with E-state index in [-0.39, 0.29) is 24.2 Å². The van der Waals surface area contributed by atoms with E-state index in [1.165, 1.54) is 0 Å². The zero-order valence-electron chi connectivity index (χ0n) is 12.7. The van der Waals surface area contributed by atoms with Crippen LogP contribution in [0.2, 0.25) is 13.1 Å². The molecule has 0 aliphatic carbocycles. The van der Waals surface area contributed by atoms with Gasteiger partial charge in [-0.1, -0.05) is 0 Å². The number of aliphatic hydroxyl groups is 1. The molecule has 1 N–H and O–H groups in total. The molecule has 0 aromatic rings. The summed E-state index contributed by atoms with van der Waals surface area (Å²) in [6, 6.07) is 0.0787. The summed E-state index contributed by atoms with van der Waals surface area (Å²) in [6.07, 6.45) is 1.36. The normalized spacial score (nSPS) is 21.3. The maximum Gasteiger partial charge on any atom is 0.332 e. The molecule has 19 heavy (non-hydrogen) atoms. The van der Waals surface area contributed by atoms with Crippen LogP contribution in [0.3, 0.4) is 0 Å². The molecule has 1 saturated heterocycles. The van der Waals surface area contributed by atoms with E-state index in [0.717, 1.165) is 6.42 Å². The van der Waals surface area contributed by atoms with E-state index in [0.29, 0.717) is 19.6 Å². The molecule has 1 rings (SSSR count). The zero-order chi connectivity index (χ0) is 14.7. The molecule has 0 aromatic heterocycles. The van der Waals surface area contributed by atoms with E-state index >= 15 is 0 Å². The minimum atomic E-state index is -2.18. The van der Waals surface area contributed by atoms with E-state index < -0.39 is 8.56 Å². The summed E-state index contributed by atoms with van der Waals surface area (Å²) in [6.45, 7) is 11.0. The summed E-state index contributed by atoms with van der Waals surface area (Å²) >= 11 is 0. The lowest BCUT2D eigenvalue weighted by molar-refractivity contribution is -0.130. The predicted molar refractivity (Wildman–Crippen MR) is 76.1 cm³/mol. The van der Waals surface area contributed by atoms with Gasteiger partial charge in [-0.15, -0.1) is 0 Å². The number of rotatable bonds is 6. The van der Waals surface area contributed by atoms with Crippen LogP contribution in [0.25, 0.3) is 0 Å². The largest absolute Gasteiger partial charge is 0.395 e. The first kappa shape index (κ1) is 16.6. The Bertz CT molecular complexity index is 314. The number of amides is 1. The standard InChI is InChI=1S/C13H27NO4Si/c1-13(2,3)18-19(4,5)17-10-11-6-7-12(16)14(11)8-9-15/h11,15H,6-10H2,1-5H3/t11-/m1/s1. The molecule has 1 amide bonds. The number of nitrogens with zero attached hydrogens (tertiary/aromatic N) is 1. The maximum atomic E-state index is 11.7. The van der Waals surface area contributed by atoms with Crippen molar-refractivity contribution in [1.29, 1.82) is 0 Å². The average molecular weight is 289 g/mol. The number of hydrogen-bond donors (Lipinski definition) is 1. The fourth-order valence-corrected chi connectivity index (χ4v) is 4.57. The van der Waals surface area contributed by atoms with Gasteiger partial charge in [-0.3, -0.25) is 4.79 Å². The summed E-state index contributed by atoms with van der Waals surface area (Å²) < 4.78 is 11.9. The molecule has 1 heterocycles. The van der Waals surface area contributed by atoms with Gasteiger partial charge < -0.3 is 18.9 Å². The minimum absolute atomic E-state index is 0.00154. The van der Waals surface area contributed by atoms with E-state index in [9.17, 15) is 4.79 Å². The Kier molecular flexibility index (Phi) is 5.55. The minimum Gasteiger partial charge on any atom is -0.395 e. The maximum absolute atomic E-state index is 11.7. The molecule has 5 nitrogen and oxygen atoms in total. The number of carbonyl (C=O) groups is 1. The van der Waals surface area contributed by atoms with Crippen LogP contribution >= 0.6 is 0 Å². The van der Waals surface area contributed by atoms with Crippen molar-refractivity contribution in [3.8, 4) is 0 Å². The SMILES string of the molecule is CC(C)(C)O[Si](C)(C)OC[C@H]1CCC(=O)N1CCO. The fourth-order valence-electron chi connectivity index (χ4n) is 2.45. The van der Waals surface area contributed by atoms with E-state index in [1.54, 1.807) is 4.90 Å². The Labute approximate surface area is 117 Å². The third-order valence-corrected chi connectivity index (χ3v) is 4.93. The van der Waals surface area contributed by atoms with Crippen LogP contribution in [0, 0.1) is 0 Å². The van der Waals surface area contributed by atoms with E-state index in [2.05, 4.69) is 0 Å². The smallest absolute Gasteiger partial charge is 0.332 e. The molecule has 0 bridgehead atoms.